The smallest absolute Gasteiger partial charge is 0.268 e. The summed E-state index contributed by atoms with van der Waals surface area (Å²) in [4.78, 5) is 14.3. The second-order valence-electron chi connectivity index (χ2n) is 4.49. The molecule has 0 saturated carbocycles. The van der Waals surface area contributed by atoms with Crippen molar-refractivity contribution >= 4 is 57.6 Å². The van der Waals surface area contributed by atoms with E-state index in [0.717, 1.165) is 11.8 Å². The van der Waals surface area contributed by atoms with Gasteiger partial charge >= 0.3 is 0 Å². The van der Waals surface area contributed by atoms with Gasteiger partial charge in [0.05, 0.1) is 15.6 Å². The lowest BCUT2D eigenvalue weighted by atomic mass is 10.2. The van der Waals surface area contributed by atoms with Crippen molar-refractivity contribution in [2.24, 2.45) is 0 Å². The number of hydrogen-bond donors (Lipinski definition) is 0. The Kier molecular flexibility index (Phi) is 4.29. The fraction of sp³-hybridized carbons (Fsp3) is 0. The van der Waals surface area contributed by atoms with Gasteiger partial charge in [0.1, 0.15) is 5.82 Å². The highest BCUT2D eigenvalue weighted by atomic mass is 35.5. The molecule has 0 N–H and O–H groups in total. The second-order valence-corrected chi connectivity index (χ2v) is 6.57. The number of carbonyl (C=O) groups excluding carboxylic acids is 1. The first-order valence-corrected chi connectivity index (χ1v) is 7.95. The lowest BCUT2D eigenvalue weighted by molar-refractivity contribution is -0.113. The molecule has 1 amide bonds. The number of benzene rings is 2. The van der Waals surface area contributed by atoms with Gasteiger partial charge in [0.15, 0.2) is 4.32 Å². The van der Waals surface area contributed by atoms with E-state index in [-0.39, 0.29) is 16.5 Å². The van der Waals surface area contributed by atoms with Crippen molar-refractivity contribution in [3.63, 3.8) is 0 Å². The number of para-hydroxylation sites is 1. The SMILES string of the molecule is O=C1/C(=C\c2c(F)cccc2Cl)SC(=S)N1c1ccccc1. The Bertz CT molecular complexity index is 772. The van der Waals surface area contributed by atoms with Crippen LogP contribution in [0.1, 0.15) is 5.56 Å². The molecule has 1 fully saturated rings. The Morgan fingerprint density at radius 1 is 1.14 bits per heavy atom. The maximum absolute atomic E-state index is 13.9. The van der Waals surface area contributed by atoms with Crippen molar-refractivity contribution in [3.8, 4) is 0 Å². The van der Waals surface area contributed by atoms with Crippen LogP contribution >= 0.6 is 35.6 Å². The van der Waals surface area contributed by atoms with Crippen LogP contribution in [0.25, 0.3) is 6.08 Å². The molecule has 2 aromatic rings. The quantitative estimate of drug-likeness (QED) is 0.569. The minimum absolute atomic E-state index is 0.192. The predicted molar refractivity (Wildman–Crippen MR) is 93.5 cm³/mol. The van der Waals surface area contributed by atoms with Crippen LogP contribution in [0.3, 0.4) is 0 Å². The summed E-state index contributed by atoms with van der Waals surface area (Å²) in [5.41, 5.74) is 0.880. The molecule has 22 heavy (non-hydrogen) atoms. The number of carbonyl (C=O) groups is 1. The number of rotatable bonds is 2. The van der Waals surface area contributed by atoms with Crippen LogP contribution in [-0.4, -0.2) is 10.2 Å². The highest BCUT2D eigenvalue weighted by molar-refractivity contribution is 8.27. The van der Waals surface area contributed by atoms with Gasteiger partial charge < -0.3 is 0 Å². The van der Waals surface area contributed by atoms with Gasteiger partial charge in [-0.1, -0.05) is 59.8 Å². The molecule has 0 spiro atoms. The molecule has 0 aromatic heterocycles. The van der Waals surface area contributed by atoms with Crippen molar-refractivity contribution in [2.45, 2.75) is 0 Å². The zero-order valence-electron chi connectivity index (χ0n) is 11.1. The van der Waals surface area contributed by atoms with Gasteiger partial charge in [-0.05, 0) is 30.3 Å². The lowest BCUT2D eigenvalue weighted by Crippen LogP contribution is -2.27. The van der Waals surface area contributed by atoms with E-state index < -0.39 is 5.82 Å². The number of thioether (sulfide) groups is 1. The first-order valence-electron chi connectivity index (χ1n) is 6.35. The maximum atomic E-state index is 13.9. The molecule has 1 aliphatic heterocycles. The largest absolute Gasteiger partial charge is 0.270 e. The number of nitrogens with zero attached hydrogens (tertiary/aromatic N) is 1. The number of amides is 1. The first-order chi connectivity index (χ1) is 10.6. The van der Waals surface area contributed by atoms with Crippen LogP contribution in [0.2, 0.25) is 5.02 Å². The van der Waals surface area contributed by atoms with Crippen LogP contribution in [0, 0.1) is 5.82 Å². The van der Waals surface area contributed by atoms with Crippen LogP contribution in [0.4, 0.5) is 10.1 Å². The summed E-state index contributed by atoms with van der Waals surface area (Å²) >= 11 is 12.4. The van der Waals surface area contributed by atoms with Gasteiger partial charge in [-0.2, -0.15) is 0 Å². The molecule has 1 heterocycles. The summed E-state index contributed by atoms with van der Waals surface area (Å²) in [7, 11) is 0. The molecule has 0 atom stereocenters. The number of anilines is 1. The number of halogens is 2. The molecule has 3 rings (SSSR count). The Hall–Kier alpha value is -1.69. The summed E-state index contributed by atoms with van der Waals surface area (Å²) < 4.78 is 14.3. The lowest BCUT2D eigenvalue weighted by Gasteiger charge is -2.13. The molecular weight excluding hydrogens is 341 g/mol. The summed E-state index contributed by atoms with van der Waals surface area (Å²) in [6.07, 6.45) is 1.44. The Morgan fingerprint density at radius 3 is 2.55 bits per heavy atom. The van der Waals surface area contributed by atoms with Crippen LogP contribution in [-0.2, 0) is 4.79 Å². The number of hydrogen-bond acceptors (Lipinski definition) is 3. The average Bonchev–Trinajstić information content (AvgIpc) is 2.78. The third-order valence-corrected chi connectivity index (χ3v) is 4.71. The van der Waals surface area contributed by atoms with Crippen LogP contribution in [0.15, 0.2) is 53.4 Å². The molecule has 2 aromatic carbocycles. The second kappa shape index (κ2) is 6.20. The first kappa shape index (κ1) is 15.2. The summed E-state index contributed by atoms with van der Waals surface area (Å²) in [6, 6.07) is 13.5. The summed E-state index contributed by atoms with van der Waals surface area (Å²) in [5.74, 6) is -0.752. The number of thiocarbonyl (C=S) groups is 1. The van der Waals surface area contributed by atoms with Gasteiger partial charge in [0, 0.05) is 5.56 Å². The fourth-order valence-electron chi connectivity index (χ4n) is 2.05. The van der Waals surface area contributed by atoms with E-state index in [1.165, 1.54) is 23.1 Å². The van der Waals surface area contributed by atoms with E-state index in [0.29, 0.717) is 14.9 Å². The molecule has 6 heteroatoms. The van der Waals surface area contributed by atoms with Crippen molar-refractivity contribution < 1.29 is 9.18 Å². The minimum atomic E-state index is -0.475. The molecule has 0 bridgehead atoms. The van der Waals surface area contributed by atoms with Crippen LogP contribution < -0.4 is 4.90 Å². The van der Waals surface area contributed by atoms with E-state index >= 15 is 0 Å². The van der Waals surface area contributed by atoms with E-state index in [4.69, 9.17) is 23.8 Å². The summed E-state index contributed by atoms with van der Waals surface area (Å²) in [5, 5.41) is 0.255. The Balaban J connectivity index is 2.00. The van der Waals surface area contributed by atoms with Gasteiger partial charge in [0.25, 0.3) is 5.91 Å². The summed E-state index contributed by atoms with van der Waals surface area (Å²) in [6.45, 7) is 0. The van der Waals surface area contributed by atoms with E-state index in [1.54, 1.807) is 18.2 Å². The van der Waals surface area contributed by atoms with Crippen molar-refractivity contribution in [1.82, 2.24) is 0 Å². The Labute approximate surface area is 141 Å². The zero-order valence-corrected chi connectivity index (χ0v) is 13.5. The highest BCUT2D eigenvalue weighted by Gasteiger charge is 2.33. The Morgan fingerprint density at radius 2 is 1.86 bits per heavy atom. The third-order valence-electron chi connectivity index (χ3n) is 3.08. The van der Waals surface area contributed by atoms with Crippen molar-refractivity contribution in [1.29, 1.82) is 0 Å². The topological polar surface area (TPSA) is 20.3 Å². The van der Waals surface area contributed by atoms with E-state index in [9.17, 15) is 9.18 Å². The van der Waals surface area contributed by atoms with Gasteiger partial charge in [-0.25, -0.2) is 4.39 Å². The normalized spacial score (nSPS) is 16.6. The average molecular weight is 350 g/mol. The maximum Gasteiger partial charge on any atom is 0.270 e. The standard InChI is InChI=1S/C16H9ClFNOS2/c17-12-7-4-8-13(18)11(12)9-14-15(20)19(16(21)22-14)10-5-2-1-3-6-10/h1-9H/b14-9+. The molecule has 2 nitrogen and oxygen atoms in total. The van der Waals surface area contributed by atoms with Gasteiger partial charge in [-0.3, -0.25) is 9.69 Å². The van der Waals surface area contributed by atoms with E-state index in [1.807, 2.05) is 18.2 Å². The molecule has 0 radical (unpaired) electrons. The predicted octanol–water partition coefficient (Wildman–Crippen LogP) is 4.88. The molecule has 1 saturated heterocycles. The fourth-order valence-corrected chi connectivity index (χ4v) is 3.55. The van der Waals surface area contributed by atoms with Gasteiger partial charge in [-0.15, -0.1) is 0 Å². The van der Waals surface area contributed by atoms with Gasteiger partial charge in [0.2, 0.25) is 0 Å². The van der Waals surface area contributed by atoms with Crippen molar-refractivity contribution in [2.75, 3.05) is 4.90 Å². The monoisotopic (exact) mass is 349 g/mol. The van der Waals surface area contributed by atoms with E-state index in [2.05, 4.69) is 0 Å². The molecule has 1 aliphatic rings. The molecule has 0 aliphatic carbocycles. The molecular formula is C16H9ClFNOS2. The molecule has 110 valence electrons. The van der Waals surface area contributed by atoms with Crippen molar-refractivity contribution in [3.05, 3.63) is 69.8 Å². The minimum Gasteiger partial charge on any atom is -0.268 e. The van der Waals surface area contributed by atoms with Crippen LogP contribution in [0.5, 0.6) is 0 Å². The zero-order chi connectivity index (χ0) is 15.7. The highest BCUT2D eigenvalue weighted by Crippen LogP contribution is 2.37. The third kappa shape index (κ3) is 2.79. The molecule has 0 unspecified atom stereocenters.